The van der Waals surface area contributed by atoms with Gasteiger partial charge in [-0.15, -0.1) is 0 Å². The molecule has 1 amide bonds. The topological polar surface area (TPSA) is 46.3 Å². The second-order valence-electron chi connectivity index (χ2n) is 3.89. The summed E-state index contributed by atoms with van der Waals surface area (Å²) in [6, 6.07) is 6.03. The lowest BCUT2D eigenvalue weighted by Gasteiger charge is -2.29. The summed E-state index contributed by atoms with van der Waals surface area (Å²) in [7, 11) is 0. The second-order valence-corrected chi connectivity index (χ2v) is 3.89. The van der Waals surface area contributed by atoms with E-state index in [0.29, 0.717) is 6.54 Å². The SMILES string of the molecule is CC(=O)N1CCCc2c(CN)cccc21. The summed E-state index contributed by atoms with van der Waals surface area (Å²) in [6.45, 7) is 3.00. The maximum Gasteiger partial charge on any atom is 0.223 e. The first-order valence-electron chi connectivity index (χ1n) is 5.33. The third kappa shape index (κ3) is 1.75. The van der Waals surface area contributed by atoms with Gasteiger partial charge in [-0.3, -0.25) is 4.79 Å². The van der Waals surface area contributed by atoms with Gasteiger partial charge >= 0.3 is 0 Å². The summed E-state index contributed by atoms with van der Waals surface area (Å²) < 4.78 is 0. The van der Waals surface area contributed by atoms with Gasteiger partial charge in [0.05, 0.1) is 0 Å². The lowest BCUT2D eigenvalue weighted by atomic mass is 9.96. The summed E-state index contributed by atoms with van der Waals surface area (Å²) in [5, 5.41) is 0. The highest BCUT2D eigenvalue weighted by atomic mass is 16.2. The van der Waals surface area contributed by atoms with Crippen molar-refractivity contribution in [1.29, 1.82) is 0 Å². The first kappa shape index (κ1) is 10.2. The standard InChI is InChI=1S/C12H16N2O/c1-9(15)14-7-3-5-11-10(8-13)4-2-6-12(11)14/h2,4,6H,3,5,7-8,13H2,1H3. The molecule has 0 saturated carbocycles. The van der Waals surface area contributed by atoms with Crippen LogP contribution in [0.1, 0.15) is 24.5 Å². The van der Waals surface area contributed by atoms with E-state index >= 15 is 0 Å². The number of fused-ring (bicyclic) bond motifs is 1. The van der Waals surface area contributed by atoms with Gasteiger partial charge in [-0.1, -0.05) is 12.1 Å². The lowest BCUT2D eigenvalue weighted by molar-refractivity contribution is -0.116. The van der Waals surface area contributed by atoms with Gasteiger partial charge in [0.1, 0.15) is 0 Å². The van der Waals surface area contributed by atoms with Crippen LogP contribution in [-0.4, -0.2) is 12.5 Å². The minimum Gasteiger partial charge on any atom is -0.326 e. The number of anilines is 1. The molecule has 0 aliphatic carbocycles. The van der Waals surface area contributed by atoms with Crippen molar-refractivity contribution in [3.8, 4) is 0 Å². The van der Waals surface area contributed by atoms with E-state index in [4.69, 9.17) is 5.73 Å². The Bertz CT molecular complexity index is 387. The Morgan fingerprint density at radius 1 is 1.53 bits per heavy atom. The zero-order valence-corrected chi connectivity index (χ0v) is 8.99. The molecule has 0 unspecified atom stereocenters. The van der Waals surface area contributed by atoms with Gasteiger partial charge in [0.25, 0.3) is 0 Å². The number of nitrogens with zero attached hydrogens (tertiary/aromatic N) is 1. The van der Waals surface area contributed by atoms with Crippen LogP contribution in [0.15, 0.2) is 18.2 Å². The Morgan fingerprint density at radius 2 is 2.33 bits per heavy atom. The third-order valence-electron chi connectivity index (χ3n) is 2.95. The average Bonchev–Trinajstić information content (AvgIpc) is 2.27. The van der Waals surface area contributed by atoms with Gasteiger partial charge in [-0.05, 0) is 30.0 Å². The van der Waals surface area contributed by atoms with Gasteiger partial charge in [0, 0.05) is 25.7 Å². The van der Waals surface area contributed by atoms with Gasteiger partial charge in [-0.2, -0.15) is 0 Å². The number of amides is 1. The Morgan fingerprint density at radius 3 is 3.00 bits per heavy atom. The van der Waals surface area contributed by atoms with Crippen LogP contribution in [0.5, 0.6) is 0 Å². The molecule has 0 radical (unpaired) electrons. The molecule has 3 heteroatoms. The summed E-state index contributed by atoms with van der Waals surface area (Å²) >= 11 is 0. The number of benzene rings is 1. The third-order valence-corrected chi connectivity index (χ3v) is 2.95. The molecule has 1 aromatic rings. The molecule has 2 rings (SSSR count). The molecule has 1 aliphatic rings. The fraction of sp³-hybridized carbons (Fsp3) is 0.417. The maximum atomic E-state index is 11.5. The Hall–Kier alpha value is -1.35. The molecule has 0 saturated heterocycles. The maximum absolute atomic E-state index is 11.5. The van der Waals surface area contributed by atoms with Gasteiger partial charge in [0.15, 0.2) is 0 Å². The lowest BCUT2D eigenvalue weighted by Crippen LogP contribution is -2.34. The fourth-order valence-corrected chi connectivity index (χ4v) is 2.22. The quantitative estimate of drug-likeness (QED) is 0.752. The normalized spacial score (nSPS) is 14.9. The predicted octanol–water partition coefficient (Wildman–Crippen LogP) is 1.44. The van der Waals surface area contributed by atoms with E-state index in [2.05, 4.69) is 0 Å². The van der Waals surface area contributed by atoms with Crippen LogP contribution in [-0.2, 0) is 17.8 Å². The van der Waals surface area contributed by atoms with Crippen molar-refractivity contribution in [2.75, 3.05) is 11.4 Å². The van der Waals surface area contributed by atoms with Crippen molar-refractivity contribution in [1.82, 2.24) is 0 Å². The van der Waals surface area contributed by atoms with Crippen LogP contribution in [0.2, 0.25) is 0 Å². The molecular formula is C12H16N2O. The molecule has 3 nitrogen and oxygen atoms in total. The average molecular weight is 204 g/mol. The van der Waals surface area contributed by atoms with Crippen molar-refractivity contribution in [3.63, 3.8) is 0 Å². The van der Waals surface area contributed by atoms with Crippen molar-refractivity contribution in [2.24, 2.45) is 5.73 Å². The minimum atomic E-state index is 0.116. The fourth-order valence-electron chi connectivity index (χ4n) is 2.22. The summed E-state index contributed by atoms with van der Waals surface area (Å²) in [4.78, 5) is 13.3. The van der Waals surface area contributed by atoms with Crippen LogP contribution in [0, 0.1) is 0 Å². The number of nitrogens with two attached hydrogens (primary N) is 1. The monoisotopic (exact) mass is 204 g/mol. The molecule has 2 N–H and O–H groups in total. The Kier molecular flexibility index (Phi) is 2.73. The zero-order valence-electron chi connectivity index (χ0n) is 8.99. The molecule has 1 heterocycles. The Labute approximate surface area is 89.9 Å². The van der Waals surface area contributed by atoms with E-state index in [1.807, 2.05) is 23.1 Å². The van der Waals surface area contributed by atoms with Crippen molar-refractivity contribution < 1.29 is 4.79 Å². The molecule has 1 aromatic carbocycles. The van der Waals surface area contributed by atoms with Gasteiger partial charge in [0.2, 0.25) is 5.91 Å². The van der Waals surface area contributed by atoms with Crippen LogP contribution >= 0.6 is 0 Å². The summed E-state index contributed by atoms with van der Waals surface area (Å²) in [6.07, 6.45) is 2.07. The number of hydrogen-bond acceptors (Lipinski definition) is 2. The molecule has 0 bridgehead atoms. The Balaban J connectivity index is 2.48. The number of carbonyl (C=O) groups is 1. The zero-order chi connectivity index (χ0) is 10.8. The molecule has 80 valence electrons. The van der Waals surface area contributed by atoms with E-state index in [0.717, 1.165) is 25.1 Å². The van der Waals surface area contributed by atoms with Crippen molar-refractivity contribution in [2.45, 2.75) is 26.3 Å². The molecule has 0 spiro atoms. The predicted molar refractivity (Wildman–Crippen MR) is 60.7 cm³/mol. The molecular weight excluding hydrogens is 188 g/mol. The second kappa shape index (κ2) is 4.03. The van der Waals surface area contributed by atoms with E-state index in [1.54, 1.807) is 6.92 Å². The molecule has 0 aromatic heterocycles. The highest BCUT2D eigenvalue weighted by molar-refractivity contribution is 5.93. The summed E-state index contributed by atoms with van der Waals surface area (Å²) in [5.74, 6) is 0.116. The molecule has 0 fully saturated rings. The van der Waals surface area contributed by atoms with Crippen LogP contribution in [0.3, 0.4) is 0 Å². The highest BCUT2D eigenvalue weighted by Crippen LogP contribution is 2.29. The van der Waals surface area contributed by atoms with E-state index in [9.17, 15) is 4.79 Å². The van der Waals surface area contributed by atoms with E-state index in [-0.39, 0.29) is 5.91 Å². The minimum absolute atomic E-state index is 0.116. The number of hydrogen-bond donors (Lipinski definition) is 1. The van der Waals surface area contributed by atoms with E-state index in [1.165, 1.54) is 11.1 Å². The van der Waals surface area contributed by atoms with E-state index < -0.39 is 0 Å². The number of rotatable bonds is 1. The van der Waals surface area contributed by atoms with Gasteiger partial charge < -0.3 is 10.6 Å². The number of carbonyl (C=O) groups excluding carboxylic acids is 1. The van der Waals surface area contributed by atoms with Gasteiger partial charge in [-0.25, -0.2) is 0 Å². The molecule has 0 atom stereocenters. The first-order valence-corrected chi connectivity index (χ1v) is 5.33. The largest absolute Gasteiger partial charge is 0.326 e. The molecule has 15 heavy (non-hydrogen) atoms. The first-order chi connectivity index (χ1) is 7.24. The van der Waals surface area contributed by atoms with Crippen LogP contribution in [0.4, 0.5) is 5.69 Å². The summed E-state index contributed by atoms with van der Waals surface area (Å²) in [5.41, 5.74) is 9.16. The highest BCUT2D eigenvalue weighted by Gasteiger charge is 2.20. The smallest absolute Gasteiger partial charge is 0.223 e. The van der Waals surface area contributed by atoms with Crippen LogP contribution < -0.4 is 10.6 Å². The van der Waals surface area contributed by atoms with Crippen LogP contribution in [0.25, 0.3) is 0 Å². The van der Waals surface area contributed by atoms with Crippen molar-refractivity contribution >= 4 is 11.6 Å². The van der Waals surface area contributed by atoms with Crippen molar-refractivity contribution in [3.05, 3.63) is 29.3 Å². The molecule has 1 aliphatic heterocycles.